The van der Waals surface area contributed by atoms with E-state index in [1.807, 2.05) is 12.1 Å². The van der Waals surface area contributed by atoms with Crippen molar-refractivity contribution in [3.63, 3.8) is 0 Å². The fraction of sp³-hybridized carbons (Fsp3) is 0.500. The maximum atomic E-state index is 5.98. The fourth-order valence-corrected chi connectivity index (χ4v) is 2.25. The second kappa shape index (κ2) is 5.53. The molecule has 1 aliphatic rings. The van der Waals surface area contributed by atoms with Gasteiger partial charge in [0.15, 0.2) is 0 Å². The van der Waals surface area contributed by atoms with E-state index in [0.29, 0.717) is 5.02 Å². The molecule has 1 aromatic carbocycles. The van der Waals surface area contributed by atoms with Crippen LogP contribution in [0.2, 0.25) is 5.02 Å². The molecule has 0 amide bonds. The third-order valence-corrected chi connectivity index (χ3v) is 2.92. The zero-order valence-electron chi connectivity index (χ0n) is 9.29. The van der Waals surface area contributed by atoms with Crippen LogP contribution in [0, 0.1) is 0 Å². The Bertz CT molecular complexity index is 329. The number of nitrogens with zero attached hydrogens (tertiary/aromatic N) is 1. The lowest BCUT2D eigenvalue weighted by Gasteiger charge is -2.19. The third kappa shape index (κ3) is 3.37. The lowest BCUT2D eigenvalue weighted by Crippen LogP contribution is -2.25. The van der Waals surface area contributed by atoms with Crippen molar-refractivity contribution in [1.29, 1.82) is 0 Å². The van der Waals surface area contributed by atoms with E-state index in [-0.39, 0.29) is 0 Å². The van der Waals surface area contributed by atoms with E-state index in [2.05, 4.69) is 4.90 Å². The molecule has 0 bridgehead atoms. The fourth-order valence-electron chi connectivity index (χ4n) is 1.98. The van der Waals surface area contributed by atoms with Gasteiger partial charge >= 0.3 is 0 Å². The van der Waals surface area contributed by atoms with E-state index in [1.54, 1.807) is 6.07 Å². The highest BCUT2D eigenvalue weighted by Crippen LogP contribution is 2.18. The molecular weight excluding hydrogens is 224 g/mol. The van der Waals surface area contributed by atoms with Gasteiger partial charge in [0.25, 0.3) is 0 Å². The van der Waals surface area contributed by atoms with Crippen LogP contribution >= 0.6 is 11.6 Å². The van der Waals surface area contributed by atoms with Gasteiger partial charge in [0.2, 0.25) is 0 Å². The molecule has 88 valence electrons. The van der Waals surface area contributed by atoms with Gasteiger partial charge in [-0.05, 0) is 30.2 Å². The topological polar surface area (TPSA) is 38.5 Å². The number of nitrogen functional groups attached to an aromatic ring is 1. The highest BCUT2D eigenvalue weighted by Gasteiger charge is 2.10. The normalized spacial score (nSPS) is 18.3. The first-order chi connectivity index (χ1) is 7.74. The molecule has 0 radical (unpaired) electrons. The van der Waals surface area contributed by atoms with E-state index in [0.717, 1.165) is 45.0 Å². The molecule has 1 heterocycles. The van der Waals surface area contributed by atoms with Crippen molar-refractivity contribution in [3.8, 4) is 0 Å². The number of benzene rings is 1. The molecule has 0 aliphatic carbocycles. The predicted molar refractivity (Wildman–Crippen MR) is 66.6 cm³/mol. The molecule has 2 rings (SSSR count). The first-order valence-corrected chi connectivity index (χ1v) is 5.97. The Hall–Kier alpha value is -0.770. The highest BCUT2D eigenvalue weighted by atomic mass is 35.5. The minimum atomic E-state index is 0.709. The largest absolute Gasteiger partial charge is 0.399 e. The summed E-state index contributed by atoms with van der Waals surface area (Å²) in [6.45, 7) is 4.64. The van der Waals surface area contributed by atoms with Crippen molar-refractivity contribution in [1.82, 2.24) is 4.90 Å². The molecule has 1 fully saturated rings. The van der Waals surface area contributed by atoms with Gasteiger partial charge < -0.3 is 10.5 Å². The summed E-state index contributed by atoms with van der Waals surface area (Å²) in [4.78, 5) is 2.37. The Morgan fingerprint density at radius 3 is 2.94 bits per heavy atom. The second-order valence-corrected chi connectivity index (χ2v) is 4.57. The quantitative estimate of drug-likeness (QED) is 0.805. The van der Waals surface area contributed by atoms with E-state index in [1.165, 1.54) is 5.56 Å². The molecular formula is C12H17ClN2O. The maximum Gasteiger partial charge on any atom is 0.0593 e. The number of ether oxygens (including phenoxy) is 1. The smallest absolute Gasteiger partial charge is 0.0593 e. The van der Waals surface area contributed by atoms with Crippen molar-refractivity contribution >= 4 is 17.3 Å². The summed E-state index contributed by atoms with van der Waals surface area (Å²) >= 11 is 5.98. The van der Waals surface area contributed by atoms with Gasteiger partial charge in [-0.3, -0.25) is 4.90 Å². The zero-order valence-corrected chi connectivity index (χ0v) is 10.0. The Kier molecular flexibility index (Phi) is 4.04. The lowest BCUT2D eigenvalue weighted by atomic mass is 10.2. The number of nitrogens with two attached hydrogens (primary N) is 1. The minimum absolute atomic E-state index is 0.709. The van der Waals surface area contributed by atoms with Gasteiger partial charge in [0.05, 0.1) is 6.61 Å². The van der Waals surface area contributed by atoms with Gasteiger partial charge in [-0.1, -0.05) is 11.6 Å². The molecule has 1 saturated heterocycles. The molecule has 16 heavy (non-hydrogen) atoms. The van der Waals surface area contributed by atoms with Gasteiger partial charge in [0, 0.05) is 37.0 Å². The number of hydrogen-bond donors (Lipinski definition) is 1. The molecule has 0 aromatic heterocycles. The number of halogens is 1. The van der Waals surface area contributed by atoms with Crippen LogP contribution in [0.5, 0.6) is 0 Å². The Labute approximate surface area is 101 Å². The highest BCUT2D eigenvalue weighted by molar-refractivity contribution is 6.30. The number of hydrogen-bond acceptors (Lipinski definition) is 3. The first-order valence-electron chi connectivity index (χ1n) is 5.59. The summed E-state index contributed by atoms with van der Waals surface area (Å²) < 4.78 is 5.42. The van der Waals surface area contributed by atoms with Crippen LogP contribution in [0.1, 0.15) is 12.0 Å². The molecule has 2 N–H and O–H groups in total. The first kappa shape index (κ1) is 11.7. The molecule has 1 aliphatic heterocycles. The van der Waals surface area contributed by atoms with E-state index in [4.69, 9.17) is 22.1 Å². The molecule has 0 atom stereocenters. The van der Waals surface area contributed by atoms with Gasteiger partial charge in [-0.15, -0.1) is 0 Å². The van der Waals surface area contributed by atoms with Crippen LogP contribution in [-0.4, -0.2) is 31.2 Å². The van der Waals surface area contributed by atoms with Crippen molar-refractivity contribution in [2.45, 2.75) is 13.0 Å². The second-order valence-electron chi connectivity index (χ2n) is 4.13. The third-order valence-electron chi connectivity index (χ3n) is 2.70. The SMILES string of the molecule is Nc1cc(Cl)cc(CN2CCCOCC2)c1. The predicted octanol–water partition coefficient (Wildman–Crippen LogP) is 2.14. The maximum absolute atomic E-state index is 5.98. The summed E-state index contributed by atoms with van der Waals surface area (Å²) in [6.07, 6.45) is 1.09. The van der Waals surface area contributed by atoms with Crippen molar-refractivity contribution < 1.29 is 4.74 Å². The molecule has 3 nitrogen and oxygen atoms in total. The van der Waals surface area contributed by atoms with Crippen LogP contribution in [0.15, 0.2) is 18.2 Å². The minimum Gasteiger partial charge on any atom is -0.399 e. The zero-order chi connectivity index (χ0) is 11.4. The number of rotatable bonds is 2. The monoisotopic (exact) mass is 240 g/mol. The summed E-state index contributed by atoms with van der Waals surface area (Å²) in [5, 5.41) is 0.709. The summed E-state index contributed by atoms with van der Waals surface area (Å²) in [6, 6.07) is 5.73. The van der Waals surface area contributed by atoms with Gasteiger partial charge in [-0.25, -0.2) is 0 Å². The molecule has 0 saturated carbocycles. The average Bonchev–Trinajstić information content (AvgIpc) is 2.44. The Morgan fingerprint density at radius 1 is 1.25 bits per heavy atom. The van der Waals surface area contributed by atoms with Crippen molar-refractivity contribution in [2.24, 2.45) is 0 Å². The van der Waals surface area contributed by atoms with Gasteiger partial charge in [0.1, 0.15) is 0 Å². The summed E-state index contributed by atoms with van der Waals surface area (Å²) in [5.41, 5.74) is 7.67. The summed E-state index contributed by atoms with van der Waals surface area (Å²) in [7, 11) is 0. The van der Waals surface area contributed by atoms with Crippen LogP contribution in [0.25, 0.3) is 0 Å². The van der Waals surface area contributed by atoms with Crippen LogP contribution in [0.3, 0.4) is 0 Å². The van der Waals surface area contributed by atoms with Crippen LogP contribution in [-0.2, 0) is 11.3 Å². The molecule has 0 unspecified atom stereocenters. The average molecular weight is 241 g/mol. The molecule has 0 spiro atoms. The Balaban J connectivity index is 2.01. The number of anilines is 1. The van der Waals surface area contributed by atoms with E-state index < -0.39 is 0 Å². The van der Waals surface area contributed by atoms with E-state index in [9.17, 15) is 0 Å². The van der Waals surface area contributed by atoms with Gasteiger partial charge in [-0.2, -0.15) is 0 Å². The molecule has 4 heteroatoms. The lowest BCUT2D eigenvalue weighted by molar-refractivity contribution is 0.140. The Morgan fingerprint density at radius 2 is 2.12 bits per heavy atom. The van der Waals surface area contributed by atoms with Crippen LogP contribution < -0.4 is 5.73 Å². The summed E-state index contributed by atoms with van der Waals surface area (Å²) in [5.74, 6) is 0. The molecule has 1 aromatic rings. The van der Waals surface area contributed by atoms with Crippen molar-refractivity contribution in [2.75, 3.05) is 32.0 Å². The van der Waals surface area contributed by atoms with Crippen LogP contribution in [0.4, 0.5) is 5.69 Å². The van der Waals surface area contributed by atoms with E-state index >= 15 is 0 Å². The van der Waals surface area contributed by atoms with Crippen molar-refractivity contribution in [3.05, 3.63) is 28.8 Å². The standard InChI is InChI=1S/C12H17ClN2O/c13-11-6-10(7-12(14)8-11)9-15-2-1-4-16-5-3-15/h6-8H,1-5,9,14H2.